The van der Waals surface area contributed by atoms with Crippen LogP contribution in [0.2, 0.25) is 5.02 Å². The first-order valence-corrected chi connectivity index (χ1v) is 8.63. The predicted octanol–water partition coefficient (Wildman–Crippen LogP) is 4.40. The molecule has 0 aliphatic rings. The summed E-state index contributed by atoms with van der Waals surface area (Å²) in [7, 11) is 3.09. The molecule has 0 fully saturated rings. The Morgan fingerprint density at radius 2 is 2.04 bits per heavy atom. The standard InChI is InChI=1S/C19H19ClFN3O3/c1-11(19-23-18(24-27-19)13-5-4-6-14(21)9-13)22-10-12-7-15(20)17(26-3)16(8-12)25-2/h4-9,11,22H,10H2,1-3H3. The minimum Gasteiger partial charge on any atom is -0.493 e. The van der Waals surface area contributed by atoms with E-state index < -0.39 is 0 Å². The van der Waals surface area contributed by atoms with Crippen LogP contribution < -0.4 is 14.8 Å². The van der Waals surface area contributed by atoms with Crippen LogP contribution in [-0.4, -0.2) is 24.4 Å². The number of rotatable bonds is 7. The molecule has 0 saturated carbocycles. The van der Waals surface area contributed by atoms with Crippen LogP contribution in [0, 0.1) is 5.82 Å². The third kappa shape index (κ3) is 4.37. The number of benzene rings is 2. The van der Waals surface area contributed by atoms with E-state index in [-0.39, 0.29) is 11.9 Å². The summed E-state index contributed by atoms with van der Waals surface area (Å²) in [6, 6.07) is 9.48. The van der Waals surface area contributed by atoms with E-state index in [1.807, 2.05) is 13.0 Å². The lowest BCUT2D eigenvalue weighted by atomic mass is 10.2. The number of hydrogen-bond acceptors (Lipinski definition) is 6. The zero-order valence-electron chi connectivity index (χ0n) is 15.1. The molecule has 1 atom stereocenters. The molecule has 1 N–H and O–H groups in total. The SMILES string of the molecule is COc1cc(CNC(C)c2nc(-c3cccc(F)c3)no2)cc(Cl)c1OC. The molecule has 0 spiro atoms. The van der Waals surface area contributed by atoms with Crippen LogP contribution in [-0.2, 0) is 6.54 Å². The molecule has 3 aromatic rings. The third-order valence-electron chi connectivity index (χ3n) is 4.00. The Hall–Kier alpha value is -2.64. The molecule has 8 heteroatoms. The number of hydrogen-bond donors (Lipinski definition) is 1. The van der Waals surface area contributed by atoms with Gasteiger partial charge < -0.3 is 19.3 Å². The lowest BCUT2D eigenvalue weighted by Gasteiger charge is -2.13. The number of aromatic nitrogens is 2. The third-order valence-corrected chi connectivity index (χ3v) is 4.28. The molecule has 0 aliphatic carbocycles. The van der Waals surface area contributed by atoms with Gasteiger partial charge in [-0.05, 0) is 36.8 Å². The van der Waals surface area contributed by atoms with Crippen molar-refractivity contribution >= 4 is 11.6 Å². The molecule has 0 amide bonds. The zero-order chi connectivity index (χ0) is 19.4. The van der Waals surface area contributed by atoms with E-state index in [0.29, 0.717) is 40.3 Å². The van der Waals surface area contributed by atoms with Gasteiger partial charge in [-0.1, -0.05) is 28.9 Å². The molecule has 0 radical (unpaired) electrons. The van der Waals surface area contributed by atoms with Crippen LogP contribution in [0.15, 0.2) is 40.9 Å². The summed E-state index contributed by atoms with van der Waals surface area (Å²) < 4.78 is 29.2. The van der Waals surface area contributed by atoms with Crippen molar-refractivity contribution in [3.8, 4) is 22.9 Å². The normalized spacial score (nSPS) is 12.0. The highest BCUT2D eigenvalue weighted by atomic mass is 35.5. The number of ether oxygens (including phenoxy) is 2. The summed E-state index contributed by atoms with van der Waals surface area (Å²) in [6.45, 7) is 2.39. The molecule has 1 unspecified atom stereocenters. The molecule has 0 aliphatic heterocycles. The highest BCUT2D eigenvalue weighted by Gasteiger charge is 2.16. The van der Waals surface area contributed by atoms with Crippen molar-refractivity contribution in [3.05, 3.63) is 58.7 Å². The molecule has 1 aromatic heterocycles. The number of methoxy groups -OCH3 is 2. The van der Waals surface area contributed by atoms with E-state index in [9.17, 15) is 4.39 Å². The van der Waals surface area contributed by atoms with Crippen LogP contribution in [0.25, 0.3) is 11.4 Å². The van der Waals surface area contributed by atoms with Crippen LogP contribution in [0.5, 0.6) is 11.5 Å². The molecule has 0 bridgehead atoms. The van der Waals surface area contributed by atoms with Crippen LogP contribution in [0.1, 0.15) is 24.4 Å². The second kappa shape index (κ2) is 8.37. The van der Waals surface area contributed by atoms with E-state index in [0.717, 1.165) is 5.56 Å². The maximum absolute atomic E-state index is 13.3. The van der Waals surface area contributed by atoms with Crippen LogP contribution in [0.3, 0.4) is 0 Å². The Morgan fingerprint density at radius 3 is 2.74 bits per heavy atom. The molecule has 0 saturated heterocycles. The average Bonchev–Trinajstić information content (AvgIpc) is 3.16. The Bertz CT molecular complexity index is 932. The minimum atomic E-state index is -0.352. The van der Waals surface area contributed by atoms with E-state index in [2.05, 4.69) is 15.5 Å². The van der Waals surface area contributed by atoms with Crippen molar-refractivity contribution in [2.75, 3.05) is 14.2 Å². The van der Waals surface area contributed by atoms with Crippen molar-refractivity contribution in [2.45, 2.75) is 19.5 Å². The maximum Gasteiger partial charge on any atom is 0.243 e. The summed E-state index contributed by atoms with van der Waals surface area (Å²) in [4.78, 5) is 4.33. The highest BCUT2D eigenvalue weighted by Crippen LogP contribution is 2.36. The maximum atomic E-state index is 13.3. The first kappa shape index (κ1) is 19.1. The molecule has 142 valence electrons. The van der Waals surface area contributed by atoms with Gasteiger partial charge in [-0.15, -0.1) is 0 Å². The fraction of sp³-hybridized carbons (Fsp3) is 0.263. The van der Waals surface area contributed by atoms with E-state index in [4.69, 9.17) is 25.6 Å². The van der Waals surface area contributed by atoms with E-state index >= 15 is 0 Å². The van der Waals surface area contributed by atoms with Gasteiger partial charge in [0.25, 0.3) is 0 Å². The molecular weight excluding hydrogens is 373 g/mol. The van der Waals surface area contributed by atoms with Gasteiger partial charge in [0.1, 0.15) is 5.82 Å². The Labute approximate surface area is 161 Å². The minimum absolute atomic E-state index is 0.216. The molecule has 6 nitrogen and oxygen atoms in total. The summed E-state index contributed by atoms with van der Waals surface area (Å²) >= 11 is 6.23. The van der Waals surface area contributed by atoms with Gasteiger partial charge in [-0.25, -0.2) is 4.39 Å². The van der Waals surface area contributed by atoms with Crippen molar-refractivity contribution in [3.63, 3.8) is 0 Å². The largest absolute Gasteiger partial charge is 0.493 e. The smallest absolute Gasteiger partial charge is 0.243 e. The van der Waals surface area contributed by atoms with Crippen molar-refractivity contribution in [2.24, 2.45) is 0 Å². The topological polar surface area (TPSA) is 69.4 Å². The quantitative estimate of drug-likeness (QED) is 0.643. The zero-order valence-corrected chi connectivity index (χ0v) is 15.9. The fourth-order valence-corrected chi connectivity index (χ4v) is 2.90. The number of halogens is 2. The van der Waals surface area contributed by atoms with Crippen LogP contribution >= 0.6 is 11.6 Å². The molecule has 3 rings (SSSR count). The monoisotopic (exact) mass is 391 g/mol. The molecule has 1 heterocycles. The van der Waals surface area contributed by atoms with Gasteiger partial charge in [0.15, 0.2) is 11.5 Å². The summed E-state index contributed by atoms with van der Waals surface area (Å²) in [6.07, 6.45) is 0. The van der Waals surface area contributed by atoms with E-state index in [1.54, 1.807) is 25.3 Å². The molecule has 27 heavy (non-hydrogen) atoms. The lowest BCUT2D eigenvalue weighted by molar-refractivity contribution is 0.338. The van der Waals surface area contributed by atoms with Gasteiger partial charge in [-0.3, -0.25) is 0 Å². The lowest BCUT2D eigenvalue weighted by Crippen LogP contribution is -2.18. The van der Waals surface area contributed by atoms with Gasteiger partial charge in [-0.2, -0.15) is 4.98 Å². The second-order valence-corrected chi connectivity index (χ2v) is 6.29. The fourth-order valence-electron chi connectivity index (χ4n) is 2.59. The Balaban J connectivity index is 1.70. The average molecular weight is 392 g/mol. The number of nitrogens with one attached hydrogen (secondary N) is 1. The summed E-state index contributed by atoms with van der Waals surface area (Å²) in [5.41, 5.74) is 1.47. The highest BCUT2D eigenvalue weighted by molar-refractivity contribution is 6.32. The van der Waals surface area contributed by atoms with Gasteiger partial charge >= 0.3 is 0 Å². The summed E-state index contributed by atoms with van der Waals surface area (Å²) in [5, 5.41) is 7.66. The summed E-state index contributed by atoms with van der Waals surface area (Å²) in [5.74, 6) is 1.44. The van der Waals surface area contributed by atoms with Crippen molar-refractivity contribution < 1.29 is 18.4 Å². The van der Waals surface area contributed by atoms with Gasteiger partial charge in [0, 0.05) is 12.1 Å². The first-order chi connectivity index (χ1) is 13.0. The molecular formula is C19H19ClFN3O3. The molecule has 2 aromatic carbocycles. The predicted molar refractivity (Wildman–Crippen MR) is 99.5 cm³/mol. The van der Waals surface area contributed by atoms with E-state index in [1.165, 1.54) is 19.2 Å². The second-order valence-electron chi connectivity index (χ2n) is 5.88. The van der Waals surface area contributed by atoms with Gasteiger partial charge in [0.05, 0.1) is 25.3 Å². The Kier molecular flexibility index (Phi) is 5.93. The first-order valence-electron chi connectivity index (χ1n) is 8.25. The van der Waals surface area contributed by atoms with Crippen molar-refractivity contribution in [1.29, 1.82) is 0 Å². The van der Waals surface area contributed by atoms with Gasteiger partial charge in [0.2, 0.25) is 11.7 Å². The number of nitrogens with zero attached hydrogens (tertiary/aromatic N) is 2. The Morgan fingerprint density at radius 1 is 1.22 bits per heavy atom. The van der Waals surface area contributed by atoms with Crippen molar-refractivity contribution in [1.82, 2.24) is 15.5 Å². The van der Waals surface area contributed by atoms with Crippen LogP contribution in [0.4, 0.5) is 4.39 Å².